The Morgan fingerprint density at radius 2 is 2.36 bits per heavy atom. The van der Waals surface area contributed by atoms with Gasteiger partial charge < -0.3 is 11.5 Å². The second-order valence-corrected chi connectivity index (χ2v) is 2.96. The molecule has 0 saturated heterocycles. The molecule has 4 N–H and O–H groups in total. The van der Waals surface area contributed by atoms with Gasteiger partial charge in [0.15, 0.2) is 0 Å². The lowest BCUT2D eigenvalue weighted by Gasteiger charge is -2.09. The van der Waals surface area contributed by atoms with Crippen LogP contribution in [0.1, 0.15) is 17.3 Å². The van der Waals surface area contributed by atoms with E-state index in [4.69, 9.17) is 11.5 Å². The van der Waals surface area contributed by atoms with E-state index in [2.05, 4.69) is 4.98 Å². The largest absolute Gasteiger partial charge is 0.329 e. The molecule has 0 radical (unpaired) electrons. The number of nitro groups is 1. The molecule has 6 nitrogen and oxygen atoms in total. The van der Waals surface area contributed by atoms with E-state index >= 15 is 0 Å². The van der Waals surface area contributed by atoms with E-state index < -0.39 is 11.0 Å². The highest BCUT2D eigenvalue weighted by Crippen LogP contribution is 2.24. The summed E-state index contributed by atoms with van der Waals surface area (Å²) in [5.41, 5.74) is 11.7. The van der Waals surface area contributed by atoms with Gasteiger partial charge in [-0.25, -0.2) is 0 Å². The molecule has 14 heavy (non-hydrogen) atoms. The van der Waals surface area contributed by atoms with Gasteiger partial charge in [-0.2, -0.15) is 0 Å². The van der Waals surface area contributed by atoms with Crippen LogP contribution in [-0.2, 0) is 0 Å². The zero-order valence-electron chi connectivity index (χ0n) is 7.80. The molecule has 1 aromatic heterocycles. The van der Waals surface area contributed by atoms with Crippen LogP contribution in [0.4, 0.5) is 5.69 Å². The average molecular weight is 196 g/mol. The molecule has 1 aromatic rings. The fourth-order valence-corrected chi connectivity index (χ4v) is 1.19. The average Bonchev–Trinajstić information content (AvgIpc) is 2.15. The summed E-state index contributed by atoms with van der Waals surface area (Å²) in [4.78, 5) is 14.1. The molecule has 1 rings (SSSR count). The third-order valence-corrected chi connectivity index (χ3v) is 1.94. The summed E-state index contributed by atoms with van der Waals surface area (Å²) >= 11 is 0. The summed E-state index contributed by atoms with van der Waals surface area (Å²) in [6.45, 7) is 1.78. The van der Waals surface area contributed by atoms with E-state index in [9.17, 15) is 10.1 Å². The van der Waals surface area contributed by atoms with Crippen molar-refractivity contribution in [2.75, 3.05) is 6.54 Å². The number of nitrogens with zero attached hydrogens (tertiary/aromatic N) is 2. The number of rotatable bonds is 3. The standard InChI is InChI=1S/C8H12N4O2/c1-5-2-3-11-7(6(10)4-9)8(5)12(13)14/h2-3,6H,4,9-10H2,1H3. The van der Waals surface area contributed by atoms with Crippen molar-refractivity contribution in [2.45, 2.75) is 13.0 Å². The maximum atomic E-state index is 10.7. The van der Waals surface area contributed by atoms with Crippen molar-refractivity contribution in [3.63, 3.8) is 0 Å². The van der Waals surface area contributed by atoms with E-state index in [1.165, 1.54) is 6.20 Å². The molecule has 76 valence electrons. The van der Waals surface area contributed by atoms with Gasteiger partial charge in [-0.15, -0.1) is 0 Å². The van der Waals surface area contributed by atoms with Crippen LogP contribution < -0.4 is 11.5 Å². The molecule has 0 saturated carbocycles. The molecule has 0 amide bonds. The summed E-state index contributed by atoms with van der Waals surface area (Å²) in [6, 6.07) is 0.987. The number of nitrogens with two attached hydrogens (primary N) is 2. The molecular weight excluding hydrogens is 184 g/mol. The van der Waals surface area contributed by atoms with Crippen LogP contribution in [-0.4, -0.2) is 16.5 Å². The highest BCUT2D eigenvalue weighted by molar-refractivity contribution is 5.44. The van der Waals surface area contributed by atoms with Crippen molar-refractivity contribution < 1.29 is 4.92 Å². The van der Waals surface area contributed by atoms with E-state index in [1.54, 1.807) is 13.0 Å². The van der Waals surface area contributed by atoms with E-state index in [0.717, 1.165) is 0 Å². The first-order chi connectivity index (χ1) is 6.57. The summed E-state index contributed by atoms with van der Waals surface area (Å²) in [6.07, 6.45) is 1.49. The van der Waals surface area contributed by atoms with Gasteiger partial charge in [0, 0.05) is 18.3 Å². The molecule has 1 atom stereocenters. The Hall–Kier alpha value is -1.53. The van der Waals surface area contributed by atoms with Crippen LogP contribution in [0.25, 0.3) is 0 Å². The minimum atomic E-state index is -0.588. The van der Waals surface area contributed by atoms with Crippen LogP contribution in [0, 0.1) is 17.0 Å². The van der Waals surface area contributed by atoms with E-state index in [0.29, 0.717) is 5.56 Å². The molecular formula is C8H12N4O2. The van der Waals surface area contributed by atoms with Crippen LogP contribution in [0.5, 0.6) is 0 Å². The number of aromatic nitrogens is 1. The highest BCUT2D eigenvalue weighted by Gasteiger charge is 2.22. The van der Waals surface area contributed by atoms with Gasteiger partial charge >= 0.3 is 0 Å². The molecule has 0 aromatic carbocycles. The predicted molar refractivity (Wildman–Crippen MR) is 51.6 cm³/mol. The third-order valence-electron chi connectivity index (χ3n) is 1.94. The number of pyridine rings is 1. The zero-order chi connectivity index (χ0) is 10.7. The van der Waals surface area contributed by atoms with Gasteiger partial charge in [-0.3, -0.25) is 15.1 Å². The topological polar surface area (TPSA) is 108 Å². The first-order valence-electron chi connectivity index (χ1n) is 4.13. The molecule has 0 bridgehead atoms. The Bertz CT molecular complexity index is 353. The summed E-state index contributed by atoms with van der Waals surface area (Å²) in [5.74, 6) is 0. The Labute approximate surface area is 81.1 Å². The van der Waals surface area contributed by atoms with Crippen molar-refractivity contribution in [1.29, 1.82) is 0 Å². The Balaban J connectivity index is 3.28. The fourth-order valence-electron chi connectivity index (χ4n) is 1.19. The van der Waals surface area contributed by atoms with Crippen LogP contribution in [0.15, 0.2) is 12.3 Å². The van der Waals surface area contributed by atoms with Gasteiger partial charge in [-0.1, -0.05) is 0 Å². The molecule has 6 heteroatoms. The number of hydrogen-bond donors (Lipinski definition) is 2. The molecule has 0 fully saturated rings. The van der Waals surface area contributed by atoms with Gasteiger partial charge in [-0.05, 0) is 13.0 Å². The molecule has 0 aliphatic heterocycles. The molecule has 0 spiro atoms. The monoisotopic (exact) mass is 196 g/mol. The van der Waals surface area contributed by atoms with Crippen molar-refractivity contribution in [1.82, 2.24) is 4.98 Å². The lowest BCUT2D eigenvalue weighted by molar-refractivity contribution is -0.386. The first-order valence-corrected chi connectivity index (χ1v) is 4.13. The number of hydrogen-bond acceptors (Lipinski definition) is 5. The van der Waals surface area contributed by atoms with Crippen molar-refractivity contribution in [3.8, 4) is 0 Å². The maximum absolute atomic E-state index is 10.7. The van der Waals surface area contributed by atoms with Crippen LogP contribution >= 0.6 is 0 Å². The van der Waals surface area contributed by atoms with Crippen molar-refractivity contribution in [3.05, 3.63) is 33.6 Å². The smallest absolute Gasteiger partial charge is 0.295 e. The Kier molecular flexibility index (Phi) is 3.10. The van der Waals surface area contributed by atoms with Gasteiger partial charge in [0.25, 0.3) is 5.69 Å². The fraction of sp³-hybridized carbons (Fsp3) is 0.375. The summed E-state index contributed by atoms with van der Waals surface area (Å²) in [7, 11) is 0. The Morgan fingerprint density at radius 3 is 2.86 bits per heavy atom. The maximum Gasteiger partial charge on any atom is 0.295 e. The first kappa shape index (κ1) is 10.6. The second-order valence-electron chi connectivity index (χ2n) is 2.96. The third kappa shape index (κ3) is 1.86. The normalized spacial score (nSPS) is 12.5. The summed E-state index contributed by atoms with van der Waals surface area (Å²) < 4.78 is 0. The predicted octanol–water partition coefficient (Wildman–Crippen LogP) is 0.257. The van der Waals surface area contributed by atoms with Gasteiger partial charge in [0.1, 0.15) is 5.69 Å². The highest BCUT2D eigenvalue weighted by atomic mass is 16.6. The van der Waals surface area contributed by atoms with Crippen molar-refractivity contribution >= 4 is 5.69 Å². The Morgan fingerprint density at radius 1 is 1.71 bits per heavy atom. The van der Waals surface area contributed by atoms with E-state index in [1.807, 2.05) is 0 Å². The molecule has 0 aliphatic carbocycles. The van der Waals surface area contributed by atoms with Crippen molar-refractivity contribution in [2.24, 2.45) is 11.5 Å². The van der Waals surface area contributed by atoms with Gasteiger partial charge in [0.05, 0.1) is 11.0 Å². The SMILES string of the molecule is Cc1ccnc(C(N)CN)c1[N+](=O)[O-]. The molecule has 0 aliphatic rings. The van der Waals surface area contributed by atoms with E-state index in [-0.39, 0.29) is 17.9 Å². The summed E-state index contributed by atoms with van der Waals surface area (Å²) in [5, 5.41) is 10.7. The lowest BCUT2D eigenvalue weighted by Crippen LogP contribution is -2.23. The second kappa shape index (κ2) is 4.12. The molecule has 1 unspecified atom stereocenters. The van der Waals surface area contributed by atoms with Gasteiger partial charge in [0.2, 0.25) is 0 Å². The molecule has 1 heterocycles. The minimum absolute atomic E-state index is 0.0366. The minimum Gasteiger partial charge on any atom is -0.329 e. The van der Waals surface area contributed by atoms with Crippen LogP contribution in [0.2, 0.25) is 0 Å². The zero-order valence-corrected chi connectivity index (χ0v) is 7.80. The number of aryl methyl sites for hydroxylation is 1. The lowest BCUT2D eigenvalue weighted by atomic mass is 10.1. The van der Waals surface area contributed by atoms with Crippen LogP contribution in [0.3, 0.4) is 0 Å². The quantitative estimate of drug-likeness (QED) is 0.532.